The topological polar surface area (TPSA) is 66.7 Å². The van der Waals surface area contributed by atoms with Crippen LogP contribution in [-0.2, 0) is 18.3 Å². The first-order chi connectivity index (χ1) is 14.0. The van der Waals surface area contributed by atoms with Crippen molar-refractivity contribution in [2.24, 2.45) is 12.0 Å². The van der Waals surface area contributed by atoms with Crippen LogP contribution in [0.3, 0.4) is 0 Å². The number of hydrogen-bond donors (Lipinski definition) is 2. The fraction of sp³-hybridized carbons (Fsp3) is 0.524. The van der Waals surface area contributed by atoms with Crippen LogP contribution in [0.4, 0.5) is 0 Å². The number of rotatable bonds is 6. The molecule has 1 aliphatic rings. The summed E-state index contributed by atoms with van der Waals surface area (Å²) in [6.45, 7) is 8.84. The molecule has 1 aromatic carbocycles. The summed E-state index contributed by atoms with van der Waals surface area (Å²) < 4.78 is 7.45. The van der Waals surface area contributed by atoms with Gasteiger partial charge in [-0.3, -0.25) is 14.6 Å². The summed E-state index contributed by atoms with van der Waals surface area (Å²) in [5.41, 5.74) is 4.60. The zero-order valence-corrected chi connectivity index (χ0v) is 21.2. The molecule has 1 atom stereocenters. The molecule has 2 aromatic rings. The molecule has 30 heavy (non-hydrogen) atoms. The van der Waals surface area contributed by atoms with E-state index in [1.807, 2.05) is 36.9 Å². The molecular weight excluding hydrogens is 515 g/mol. The molecule has 0 spiro atoms. The van der Waals surface area contributed by atoms with E-state index in [2.05, 4.69) is 38.6 Å². The molecule has 1 unspecified atom stereocenters. The molecule has 2 heterocycles. The molecule has 0 saturated carbocycles. The van der Waals surface area contributed by atoms with Crippen LogP contribution in [0.2, 0.25) is 5.02 Å². The minimum absolute atomic E-state index is 0. The summed E-state index contributed by atoms with van der Waals surface area (Å²) in [4.78, 5) is 6.83. The van der Waals surface area contributed by atoms with E-state index in [0.29, 0.717) is 6.54 Å². The van der Waals surface area contributed by atoms with Crippen molar-refractivity contribution < 1.29 is 4.74 Å². The molecule has 1 aliphatic heterocycles. The molecule has 1 fully saturated rings. The highest BCUT2D eigenvalue weighted by molar-refractivity contribution is 14.0. The molecule has 166 valence electrons. The van der Waals surface area contributed by atoms with Crippen LogP contribution in [0.1, 0.15) is 28.6 Å². The second kappa shape index (κ2) is 11.9. The Hall–Kier alpha value is -1.36. The monoisotopic (exact) mass is 546 g/mol. The minimum atomic E-state index is 0. The maximum Gasteiger partial charge on any atom is 0.191 e. The molecule has 0 amide bonds. The molecule has 3 rings (SSSR count). The number of nitrogens with zero attached hydrogens (tertiary/aromatic N) is 4. The van der Waals surface area contributed by atoms with Gasteiger partial charge in [0, 0.05) is 56.6 Å². The van der Waals surface area contributed by atoms with Gasteiger partial charge in [0.15, 0.2) is 5.96 Å². The lowest BCUT2D eigenvalue weighted by Gasteiger charge is -2.35. The van der Waals surface area contributed by atoms with Gasteiger partial charge >= 0.3 is 0 Å². The largest absolute Gasteiger partial charge is 0.379 e. The summed E-state index contributed by atoms with van der Waals surface area (Å²) in [7, 11) is 3.76. The van der Waals surface area contributed by atoms with Crippen LogP contribution in [0.15, 0.2) is 29.3 Å². The molecule has 0 bridgehead atoms. The van der Waals surface area contributed by atoms with Crippen molar-refractivity contribution in [3.05, 3.63) is 51.8 Å². The second-order valence-corrected chi connectivity index (χ2v) is 7.74. The number of hydrogen-bond acceptors (Lipinski definition) is 4. The van der Waals surface area contributed by atoms with Crippen LogP contribution < -0.4 is 10.6 Å². The summed E-state index contributed by atoms with van der Waals surface area (Å²) in [6, 6.07) is 8.28. The molecular formula is C21H32ClIN6O. The van der Waals surface area contributed by atoms with E-state index in [-0.39, 0.29) is 30.0 Å². The van der Waals surface area contributed by atoms with Crippen LogP contribution in [0, 0.1) is 13.8 Å². The van der Waals surface area contributed by atoms with Crippen molar-refractivity contribution in [3.8, 4) is 0 Å². The third-order valence-electron chi connectivity index (χ3n) is 5.50. The minimum Gasteiger partial charge on any atom is -0.379 e. The second-order valence-electron chi connectivity index (χ2n) is 7.30. The van der Waals surface area contributed by atoms with Crippen molar-refractivity contribution in [1.29, 1.82) is 0 Å². The van der Waals surface area contributed by atoms with Crippen molar-refractivity contribution in [2.45, 2.75) is 26.4 Å². The Kier molecular flexibility index (Phi) is 9.86. The van der Waals surface area contributed by atoms with Crippen molar-refractivity contribution >= 4 is 41.5 Å². The number of aliphatic imine (C=N–C) groups is 1. The van der Waals surface area contributed by atoms with Crippen LogP contribution in [0.5, 0.6) is 0 Å². The zero-order valence-electron chi connectivity index (χ0n) is 18.1. The third kappa shape index (κ3) is 6.32. The van der Waals surface area contributed by atoms with E-state index >= 15 is 0 Å². The summed E-state index contributed by atoms with van der Waals surface area (Å²) >= 11 is 6.26. The van der Waals surface area contributed by atoms with Gasteiger partial charge < -0.3 is 15.4 Å². The van der Waals surface area contributed by atoms with Gasteiger partial charge in [-0.05, 0) is 31.5 Å². The van der Waals surface area contributed by atoms with E-state index < -0.39 is 0 Å². The Labute approximate surface area is 201 Å². The van der Waals surface area contributed by atoms with E-state index in [1.165, 1.54) is 11.1 Å². The number of guanidine groups is 1. The first-order valence-corrected chi connectivity index (χ1v) is 10.4. The molecule has 0 aliphatic carbocycles. The predicted molar refractivity (Wildman–Crippen MR) is 133 cm³/mol. The lowest BCUT2D eigenvalue weighted by Crippen LogP contribution is -2.46. The Balaban J connectivity index is 0.00000320. The van der Waals surface area contributed by atoms with Gasteiger partial charge in [-0.2, -0.15) is 5.10 Å². The third-order valence-corrected chi connectivity index (χ3v) is 5.73. The number of benzene rings is 1. The predicted octanol–water partition coefficient (Wildman–Crippen LogP) is 3.05. The Bertz CT molecular complexity index is 850. The van der Waals surface area contributed by atoms with Gasteiger partial charge in [0.1, 0.15) is 0 Å². The van der Waals surface area contributed by atoms with Crippen molar-refractivity contribution in [1.82, 2.24) is 25.3 Å². The molecule has 0 radical (unpaired) electrons. The zero-order chi connectivity index (χ0) is 20.8. The highest BCUT2D eigenvalue weighted by Crippen LogP contribution is 2.24. The van der Waals surface area contributed by atoms with Gasteiger partial charge in [0.05, 0.1) is 24.9 Å². The molecule has 2 N–H and O–H groups in total. The number of ether oxygens (including phenoxy) is 1. The number of morpholine rings is 1. The maximum absolute atomic E-state index is 6.26. The van der Waals surface area contributed by atoms with Crippen LogP contribution in [-0.4, -0.2) is 60.5 Å². The smallest absolute Gasteiger partial charge is 0.191 e. The normalized spacial score (nSPS) is 16.1. The van der Waals surface area contributed by atoms with Crippen LogP contribution >= 0.6 is 35.6 Å². The van der Waals surface area contributed by atoms with Crippen molar-refractivity contribution in [3.63, 3.8) is 0 Å². The number of nitrogens with one attached hydrogen (secondary N) is 2. The van der Waals surface area contributed by atoms with Gasteiger partial charge in [-0.25, -0.2) is 0 Å². The highest BCUT2D eigenvalue weighted by atomic mass is 127. The van der Waals surface area contributed by atoms with Crippen LogP contribution in [0.25, 0.3) is 0 Å². The van der Waals surface area contributed by atoms with Gasteiger partial charge in [0.25, 0.3) is 0 Å². The fourth-order valence-corrected chi connectivity index (χ4v) is 3.92. The first kappa shape index (κ1) is 24.9. The quantitative estimate of drug-likeness (QED) is 0.331. The Morgan fingerprint density at radius 2 is 2.00 bits per heavy atom. The average molecular weight is 547 g/mol. The molecule has 1 aromatic heterocycles. The first-order valence-electron chi connectivity index (χ1n) is 10.0. The summed E-state index contributed by atoms with van der Waals surface area (Å²) in [5.74, 6) is 0.771. The lowest BCUT2D eigenvalue weighted by atomic mass is 10.0. The highest BCUT2D eigenvalue weighted by Gasteiger charge is 2.23. The van der Waals surface area contributed by atoms with E-state index in [1.54, 1.807) is 7.05 Å². The SMILES string of the molecule is CN=C(NCc1c(C)nn(C)c1C)NCC(c1cccc(Cl)c1)N1CCOCC1.I. The van der Waals surface area contributed by atoms with Gasteiger partial charge in [-0.1, -0.05) is 23.7 Å². The fourth-order valence-electron chi connectivity index (χ4n) is 3.72. The standard InChI is InChI=1S/C21H31ClN6O.HI/c1-15-19(16(2)27(4)26-15)13-24-21(23-3)25-14-20(28-8-10-29-11-9-28)17-6-5-7-18(22)12-17;/h5-7,12,20H,8-11,13-14H2,1-4H3,(H2,23,24,25);1H. The van der Waals surface area contributed by atoms with Gasteiger partial charge in [0.2, 0.25) is 0 Å². The molecule has 1 saturated heterocycles. The summed E-state index contributed by atoms with van der Waals surface area (Å²) in [5, 5.41) is 12.1. The Morgan fingerprint density at radius 1 is 1.27 bits per heavy atom. The number of halogens is 2. The van der Waals surface area contributed by atoms with Gasteiger partial charge in [-0.15, -0.1) is 24.0 Å². The number of aryl methyl sites for hydroxylation is 2. The lowest BCUT2D eigenvalue weighted by molar-refractivity contribution is 0.0170. The van der Waals surface area contributed by atoms with E-state index in [4.69, 9.17) is 16.3 Å². The molecule has 9 heteroatoms. The van der Waals surface area contributed by atoms with E-state index in [0.717, 1.165) is 55.2 Å². The molecule has 7 nitrogen and oxygen atoms in total. The Morgan fingerprint density at radius 3 is 2.60 bits per heavy atom. The average Bonchev–Trinajstić information content (AvgIpc) is 2.97. The summed E-state index contributed by atoms with van der Waals surface area (Å²) in [6.07, 6.45) is 0. The number of aromatic nitrogens is 2. The van der Waals surface area contributed by atoms with E-state index in [9.17, 15) is 0 Å². The maximum atomic E-state index is 6.26. The van der Waals surface area contributed by atoms with Crippen molar-refractivity contribution in [2.75, 3.05) is 39.9 Å².